The van der Waals surface area contributed by atoms with Gasteiger partial charge in [-0.3, -0.25) is 4.79 Å². The van der Waals surface area contributed by atoms with Gasteiger partial charge in [0, 0.05) is 19.1 Å². The van der Waals surface area contributed by atoms with Crippen molar-refractivity contribution in [3.8, 4) is 0 Å². The highest BCUT2D eigenvalue weighted by Gasteiger charge is 2.47. The summed E-state index contributed by atoms with van der Waals surface area (Å²) < 4.78 is 33.6. The minimum atomic E-state index is -3.89. The molecule has 0 aromatic carbocycles. The van der Waals surface area contributed by atoms with Crippen molar-refractivity contribution in [3.05, 3.63) is 11.5 Å². The van der Waals surface area contributed by atoms with E-state index in [2.05, 4.69) is 9.88 Å². The van der Waals surface area contributed by atoms with Gasteiger partial charge >= 0.3 is 0 Å². The van der Waals surface area contributed by atoms with Gasteiger partial charge in [0.25, 0.3) is 0 Å². The number of aryl methyl sites for hydroxylation is 2. The molecule has 3 rings (SSSR count). The van der Waals surface area contributed by atoms with Gasteiger partial charge in [-0.05, 0) is 39.5 Å². The fourth-order valence-electron chi connectivity index (χ4n) is 3.91. The van der Waals surface area contributed by atoms with Gasteiger partial charge < -0.3 is 15.2 Å². The molecule has 0 spiro atoms. The Labute approximate surface area is 160 Å². The summed E-state index contributed by atoms with van der Waals surface area (Å²) in [6.07, 6.45) is 4.16. The fraction of sp³-hybridized carbons (Fsp3) is 0.750. The van der Waals surface area contributed by atoms with Crippen molar-refractivity contribution in [2.45, 2.75) is 68.8 Å². The van der Waals surface area contributed by atoms with Crippen molar-refractivity contribution < 1.29 is 17.7 Å². The average molecular weight is 407 g/mol. The molecule has 8 nitrogen and oxygen atoms in total. The molecule has 1 aromatic heterocycles. The highest BCUT2D eigenvalue weighted by atomic mass is 35.5. The number of aromatic nitrogens is 1. The Balaban J connectivity index is 0.00000243. The van der Waals surface area contributed by atoms with Crippen LogP contribution < -0.4 is 10.5 Å². The van der Waals surface area contributed by atoms with Gasteiger partial charge in [0.15, 0.2) is 5.76 Å². The normalized spacial score (nSPS) is 20.8. The Morgan fingerprint density at radius 3 is 2.35 bits per heavy atom. The first kappa shape index (κ1) is 21.1. The molecule has 0 unspecified atom stereocenters. The lowest BCUT2D eigenvalue weighted by Crippen LogP contribution is -2.59. The van der Waals surface area contributed by atoms with E-state index in [-0.39, 0.29) is 35.0 Å². The Hall–Kier alpha value is -1.16. The number of rotatable bonds is 4. The number of likely N-dealkylation sites (tertiary alicyclic amines) is 1. The quantitative estimate of drug-likeness (QED) is 0.776. The summed E-state index contributed by atoms with van der Waals surface area (Å²) in [5.74, 6) is 0.0989. The van der Waals surface area contributed by atoms with Crippen LogP contribution in [0.25, 0.3) is 0 Å². The second-order valence-corrected chi connectivity index (χ2v) is 8.80. The molecular weight excluding hydrogens is 380 g/mol. The number of hydrogen-bond acceptors (Lipinski definition) is 6. The van der Waals surface area contributed by atoms with Crippen molar-refractivity contribution in [1.82, 2.24) is 14.8 Å². The molecule has 2 aliphatic rings. The number of hydrogen-bond donors (Lipinski definition) is 2. The maximum absolute atomic E-state index is 13.2. The van der Waals surface area contributed by atoms with Crippen LogP contribution in [0.5, 0.6) is 0 Å². The number of nitrogens with two attached hydrogens (primary N) is 1. The second-order valence-electron chi connectivity index (χ2n) is 7.18. The molecule has 10 heteroatoms. The number of carbonyl (C=O) groups excluding carboxylic acids is 1. The molecule has 0 bridgehead atoms. The standard InChI is InChI=1S/C16H26N4O4S.ClH/c1-11-14(12(2)24-18-11)25(22,23)19-16(7-3-4-8-16)15(21)20-9-5-13(17)6-10-20;/h13,19H,3-10,17H2,1-2H3;1H. The molecule has 1 saturated heterocycles. The molecule has 1 aromatic rings. The van der Waals surface area contributed by atoms with Crippen molar-refractivity contribution in [2.24, 2.45) is 5.73 Å². The fourth-order valence-corrected chi connectivity index (χ4v) is 5.66. The van der Waals surface area contributed by atoms with Gasteiger partial charge in [-0.25, -0.2) is 8.42 Å². The van der Waals surface area contributed by atoms with E-state index in [1.54, 1.807) is 18.7 Å². The molecule has 148 valence electrons. The molecule has 0 radical (unpaired) electrons. The molecule has 1 aliphatic carbocycles. The SMILES string of the molecule is Cc1noc(C)c1S(=O)(=O)NC1(C(=O)N2CCC(N)CC2)CCCC1.Cl. The maximum atomic E-state index is 13.2. The number of piperidine rings is 1. The molecule has 0 atom stereocenters. The summed E-state index contributed by atoms with van der Waals surface area (Å²) in [7, 11) is -3.89. The third-order valence-corrected chi connectivity index (χ3v) is 7.04. The molecular formula is C16H27ClN4O4S. The number of nitrogens with zero attached hydrogens (tertiary/aromatic N) is 2. The van der Waals surface area contributed by atoms with Crippen LogP contribution in [0, 0.1) is 13.8 Å². The van der Waals surface area contributed by atoms with Crippen LogP contribution >= 0.6 is 12.4 Å². The Morgan fingerprint density at radius 2 is 1.85 bits per heavy atom. The van der Waals surface area contributed by atoms with Gasteiger partial charge in [-0.2, -0.15) is 4.72 Å². The van der Waals surface area contributed by atoms with Crippen LogP contribution in [0.4, 0.5) is 0 Å². The summed E-state index contributed by atoms with van der Waals surface area (Å²) in [6.45, 7) is 4.30. The van der Waals surface area contributed by atoms with Crippen LogP contribution in [-0.4, -0.2) is 49.1 Å². The average Bonchev–Trinajstić information content (AvgIpc) is 3.14. The third kappa shape index (κ3) is 3.90. The van der Waals surface area contributed by atoms with Crippen molar-refractivity contribution in [3.63, 3.8) is 0 Å². The zero-order valence-electron chi connectivity index (χ0n) is 15.2. The molecule has 26 heavy (non-hydrogen) atoms. The van der Waals surface area contributed by atoms with Crippen LogP contribution in [0.15, 0.2) is 9.42 Å². The predicted molar refractivity (Wildman–Crippen MR) is 98.5 cm³/mol. The van der Waals surface area contributed by atoms with Gasteiger partial charge in [0.2, 0.25) is 15.9 Å². The topological polar surface area (TPSA) is 119 Å². The van der Waals surface area contributed by atoms with Gasteiger partial charge in [-0.1, -0.05) is 18.0 Å². The monoisotopic (exact) mass is 406 g/mol. The second kappa shape index (κ2) is 7.84. The van der Waals surface area contributed by atoms with Gasteiger partial charge in [0.1, 0.15) is 16.1 Å². The van der Waals surface area contributed by atoms with Crippen molar-refractivity contribution >= 4 is 28.3 Å². The van der Waals surface area contributed by atoms with Crippen LogP contribution in [0.1, 0.15) is 50.0 Å². The van der Waals surface area contributed by atoms with Crippen molar-refractivity contribution in [2.75, 3.05) is 13.1 Å². The van der Waals surface area contributed by atoms with E-state index in [9.17, 15) is 13.2 Å². The molecule has 1 amide bonds. The lowest BCUT2D eigenvalue weighted by Gasteiger charge is -2.38. The molecule has 1 aliphatic heterocycles. The number of halogens is 1. The first-order valence-electron chi connectivity index (χ1n) is 8.77. The highest BCUT2D eigenvalue weighted by molar-refractivity contribution is 7.89. The van der Waals surface area contributed by atoms with E-state index in [1.165, 1.54) is 0 Å². The number of nitrogens with one attached hydrogen (secondary N) is 1. The number of amides is 1. The van der Waals surface area contributed by atoms with Crippen molar-refractivity contribution in [1.29, 1.82) is 0 Å². The zero-order valence-corrected chi connectivity index (χ0v) is 16.8. The Kier molecular flexibility index (Phi) is 6.37. The van der Waals surface area contributed by atoms with E-state index in [0.717, 1.165) is 25.7 Å². The molecule has 1 saturated carbocycles. The summed E-state index contributed by atoms with van der Waals surface area (Å²) in [5, 5.41) is 3.72. The minimum Gasteiger partial charge on any atom is -0.360 e. The summed E-state index contributed by atoms with van der Waals surface area (Å²) in [4.78, 5) is 15.0. The lowest BCUT2D eigenvalue weighted by molar-refractivity contribution is -0.138. The van der Waals surface area contributed by atoms with Gasteiger partial charge in [0.05, 0.1) is 0 Å². The van der Waals surface area contributed by atoms with E-state index in [0.29, 0.717) is 31.6 Å². The number of carbonyl (C=O) groups is 1. The maximum Gasteiger partial charge on any atom is 0.246 e. The Bertz CT molecular complexity index is 731. The van der Waals surface area contributed by atoms with E-state index in [4.69, 9.17) is 10.3 Å². The minimum absolute atomic E-state index is 0. The summed E-state index contributed by atoms with van der Waals surface area (Å²) in [6, 6.07) is 0.113. The van der Waals surface area contributed by atoms with Crippen LogP contribution in [0.3, 0.4) is 0 Å². The first-order valence-corrected chi connectivity index (χ1v) is 10.3. The molecule has 2 heterocycles. The third-order valence-electron chi connectivity index (χ3n) is 5.26. The first-order chi connectivity index (χ1) is 11.8. The van der Waals surface area contributed by atoms with Gasteiger partial charge in [-0.15, -0.1) is 12.4 Å². The summed E-state index contributed by atoms with van der Waals surface area (Å²) in [5.41, 5.74) is 5.14. The predicted octanol–water partition coefficient (Wildman–Crippen LogP) is 1.25. The number of sulfonamides is 1. The molecule has 3 N–H and O–H groups in total. The summed E-state index contributed by atoms with van der Waals surface area (Å²) >= 11 is 0. The van der Waals surface area contributed by atoms with E-state index in [1.807, 2.05) is 0 Å². The largest absolute Gasteiger partial charge is 0.360 e. The highest BCUT2D eigenvalue weighted by Crippen LogP contribution is 2.34. The smallest absolute Gasteiger partial charge is 0.246 e. The molecule has 2 fully saturated rings. The zero-order chi connectivity index (χ0) is 18.2. The van der Waals surface area contributed by atoms with Crippen LogP contribution in [0.2, 0.25) is 0 Å². The van der Waals surface area contributed by atoms with E-state index < -0.39 is 15.6 Å². The van der Waals surface area contributed by atoms with E-state index >= 15 is 0 Å². The lowest BCUT2D eigenvalue weighted by atomic mass is 9.95. The van der Waals surface area contributed by atoms with Crippen LogP contribution in [-0.2, 0) is 14.8 Å². The Morgan fingerprint density at radius 1 is 1.27 bits per heavy atom.